The lowest BCUT2D eigenvalue weighted by molar-refractivity contribution is 0.0507. The lowest BCUT2D eigenvalue weighted by Crippen LogP contribution is -2.09. The van der Waals surface area contributed by atoms with Crippen LogP contribution >= 0.6 is 15.9 Å². The summed E-state index contributed by atoms with van der Waals surface area (Å²) in [5.74, 6) is 0.961. The molecule has 2 rings (SSSR count). The highest BCUT2D eigenvalue weighted by molar-refractivity contribution is 9.11. The van der Waals surface area contributed by atoms with Crippen LogP contribution in [-0.4, -0.2) is 12.9 Å². The van der Waals surface area contributed by atoms with Crippen molar-refractivity contribution in [1.82, 2.24) is 0 Å². The van der Waals surface area contributed by atoms with Gasteiger partial charge in [0.15, 0.2) is 6.79 Å². The monoisotopic (exact) mass is 208 g/mol. The molecule has 1 fully saturated rings. The predicted octanol–water partition coefficient (Wildman–Crippen LogP) is 1.93. The highest BCUT2D eigenvalue weighted by Crippen LogP contribution is 2.29. The van der Waals surface area contributed by atoms with Crippen molar-refractivity contribution in [2.45, 2.75) is 12.5 Å². The van der Waals surface area contributed by atoms with Gasteiger partial charge in [-0.3, -0.25) is 0 Å². The lowest BCUT2D eigenvalue weighted by Gasteiger charge is -2.10. The van der Waals surface area contributed by atoms with Crippen molar-refractivity contribution in [3.8, 4) is 0 Å². The van der Waals surface area contributed by atoms with Gasteiger partial charge in [0.2, 0.25) is 0 Å². The summed E-state index contributed by atoms with van der Waals surface area (Å²) in [5.41, 5.74) is 0. The molecule has 0 amide bonds. The molecule has 54 valence electrons. The number of rotatable bonds is 0. The number of hydrogen-bond donors (Lipinski definition) is 0. The molecule has 0 spiro atoms. The van der Waals surface area contributed by atoms with E-state index in [1.165, 1.54) is 4.48 Å². The van der Waals surface area contributed by atoms with Crippen LogP contribution < -0.4 is 0 Å². The predicted molar refractivity (Wildman–Crippen MR) is 40.5 cm³/mol. The van der Waals surface area contributed by atoms with Gasteiger partial charge < -0.3 is 9.47 Å². The van der Waals surface area contributed by atoms with Crippen molar-refractivity contribution in [3.05, 3.63) is 22.4 Å². The molecule has 1 saturated heterocycles. The van der Waals surface area contributed by atoms with Gasteiger partial charge in [-0.05, 0) is 16.6 Å². The molecule has 0 N–H and O–H groups in total. The maximum absolute atomic E-state index is 5.27. The van der Waals surface area contributed by atoms with Crippen LogP contribution in [0.3, 0.4) is 0 Å². The Balaban J connectivity index is 2.22. The Morgan fingerprint density at radius 3 is 3.30 bits per heavy atom. The third-order valence-corrected chi connectivity index (χ3v) is 2.21. The highest BCUT2D eigenvalue weighted by atomic mass is 79.9. The molecule has 0 aromatic carbocycles. The minimum Gasteiger partial charge on any atom is -0.469 e. The second kappa shape index (κ2) is 2.40. The number of ether oxygens (including phenoxy) is 2. The van der Waals surface area contributed by atoms with Crippen LogP contribution in [0, 0.1) is 0 Å². The van der Waals surface area contributed by atoms with E-state index >= 15 is 0 Å². The summed E-state index contributed by atoms with van der Waals surface area (Å²) in [5, 5.41) is 0. The van der Waals surface area contributed by atoms with Gasteiger partial charge in [-0.25, -0.2) is 0 Å². The molecule has 1 heterocycles. The van der Waals surface area contributed by atoms with Crippen molar-refractivity contribution in [1.29, 1.82) is 0 Å². The molecule has 1 aliphatic carbocycles. The number of allylic oxidation sites excluding steroid dienone is 2. The SMILES string of the molecule is Br[13C]1=[13CH][13CH]=[13C]2OCO[13CH]2[13CH2]1. The van der Waals surface area contributed by atoms with Crippen LogP contribution in [0.15, 0.2) is 22.4 Å². The van der Waals surface area contributed by atoms with E-state index in [0.717, 1.165) is 12.2 Å². The van der Waals surface area contributed by atoms with Crippen LogP contribution in [0.4, 0.5) is 0 Å². The summed E-state index contributed by atoms with van der Waals surface area (Å²) in [6, 6.07) is 0. The second-order valence-electron chi connectivity index (χ2n) is 2.30. The minimum absolute atomic E-state index is 0.166. The van der Waals surface area contributed by atoms with Gasteiger partial charge >= 0.3 is 0 Å². The fourth-order valence-electron chi connectivity index (χ4n) is 1.09. The number of fused-ring (bicyclic) bond motifs is 1. The number of hydrogen-bond acceptors (Lipinski definition) is 2. The quantitative estimate of drug-likeness (QED) is 0.567. The van der Waals surface area contributed by atoms with Gasteiger partial charge in [0.25, 0.3) is 0 Å². The summed E-state index contributed by atoms with van der Waals surface area (Å²) in [6.07, 6.45) is 5.02. The maximum Gasteiger partial charge on any atom is 0.189 e. The van der Waals surface area contributed by atoms with Crippen LogP contribution in [-0.2, 0) is 9.47 Å². The molecule has 0 radical (unpaired) electrons. The van der Waals surface area contributed by atoms with E-state index in [1.807, 2.05) is 12.2 Å². The third-order valence-electron chi connectivity index (χ3n) is 1.62. The largest absolute Gasteiger partial charge is 0.469 e. The molecule has 0 bridgehead atoms. The van der Waals surface area contributed by atoms with E-state index < -0.39 is 0 Å². The van der Waals surface area contributed by atoms with E-state index in [1.54, 1.807) is 0 Å². The smallest absolute Gasteiger partial charge is 0.189 e. The molecule has 10 heavy (non-hydrogen) atoms. The van der Waals surface area contributed by atoms with E-state index in [2.05, 4.69) is 15.9 Å². The summed E-state index contributed by atoms with van der Waals surface area (Å²) >= 11 is 3.41. The van der Waals surface area contributed by atoms with E-state index in [0.29, 0.717) is 6.79 Å². The Hall–Kier alpha value is -0.280. The minimum atomic E-state index is 0.166. The topological polar surface area (TPSA) is 18.5 Å². The summed E-state index contributed by atoms with van der Waals surface area (Å²) in [7, 11) is 0. The van der Waals surface area contributed by atoms with E-state index in [4.69, 9.17) is 9.47 Å². The van der Waals surface area contributed by atoms with Gasteiger partial charge in [0.1, 0.15) is 11.9 Å². The van der Waals surface area contributed by atoms with Crippen molar-refractivity contribution >= 4 is 15.9 Å². The fraction of sp³-hybridized carbons (Fsp3) is 0.429. The standard InChI is InChI=1S/C7H7BrO2/c8-5-1-2-6-7(3-5)10-4-9-6/h1-2,7H,3-4H2/i1+1,2+1,3+1,5+1,6+1,7+1. The van der Waals surface area contributed by atoms with Crippen molar-refractivity contribution in [2.24, 2.45) is 0 Å². The fourth-order valence-corrected chi connectivity index (χ4v) is 1.52. The summed E-state index contributed by atoms with van der Waals surface area (Å²) in [4.78, 5) is 0. The zero-order valence-corrected chi connectivity index (χ0v) is 6.93. The molecule has 1 atom stereocenters. The van der Waals surface area contributed by atoms with Crippen LogP contribution in [0.2, 0.25) is 0 Å². The van der Waals surface area contributed by atoms with Crippen molar-refractivity contribution in [2.75, 3.05) is 6.79 Å². The summed E-state index contributed by atoms with van der Waals surface area (Å²) in [6.45, 7) is 0.407. The molecular weight excluding hydrogens is 202 g/mol. The lowest BCUT2D eigenvalue weighted by atomic mass is 11.1. The van der Waals surface area contributed by atoms with E-state index in [9.17, 15) is 0 Å². The molecule has 0 aromatic heterocycles. The molecular formula is C7H7BrO2. The van der Waals surface area contributed by atoms with Crippen molar-refractivity contribution in [3.63, 3.8) is 0 Å². The zero-order valence-electron chi connectivity index (χ0n) is 5.34. The van der Waals surface area contributed by atoms with Crippen LogP contribution in [0.1, 0.15) is 6.42 Å². The third kappa shape index (κ3) is 0.995. The average Bonchev–Trinajstić information content (AvgIpc) is 2.33. The Morgan fingerprint density at radius 1 is 1.50 bits per heavy atom. The Bertz CT molecular complexity index is 208. The van der Waals surface area contributed by atoms with Gasteiger partial charge in [-0.1, -0.05) is 15.9 Å². The van der Waals surface area contributed by atoms with Crippen LogP contribution in [0.5, 0.6) is 0 Å². The van der Waals surface area contributed by atoms with Gasteiger partial charge in [0.05, 0.1) is 0 Å². The molecule has 2 aliphatic rings. The molecule has 1 unspecified atom stereocenters. The zero-order chi connectivity index (χ0) is 6.97. The number of halogens is 1. The first-order valence-electron chi connectivity index (χ1n) is 3.17. The molecule has 1 aliphatic heterocycles. The Labute approximate surface area is 67.6 Å². The molecule has 0 aromatic rings. The Morgan fingerprint density at radius 2 is 2.40 bits per heavy atom. The maximum atomic E-state index is 5.27. The summed E-state index contributed by atoms with van der Waals surface area (Å²) < 4.78 is 11.6. The van der Waals surface area contributed by atoms with Crippen LogP contribution in [0.25, 0.3) is 0 Å². The molecule has 2 nitrogen and oxygen atoms in total. The van der Waals surface area contributed by atoms with E-state index in [-0.39, 0.29) is 6.10 Å². The second-order valence-corrected chi connectivity index (χ2v) is 3.32. The normalized spacial score (nSPS) is 30.3. The van der Waals surface area contributed by atoms with Gasteiger partial charge in [0, 0.05) is 6.42 Å². The van der Waals surface area contributed by atoms with Gasteiger partial charge in [-0.15, -0.1) is 0 Å². The first kappa shape index (κ1) is 6.43. The molecule has 0 saturated carbocycles. The first-order chi connectivity index (χ1) is 4.86. The van der Waals surface area contributed by atoms with Crippen molar-refractivity contribution < 1.29 is 9.47 Å². The highest BCUT2D eigenvalue weighted by Gasteiger charge is 2.25. The van der Waals surface area contributed by atoms with Gasteiger partial charge in [-0.2, -0.15) is 0 Å². The molecule has 3 heteroatoms. The first-order valence-corrected chi connectivity index (χ1v) is 3.96. The average molecular weight is 209 g/mol. The Kier molecular flexibility index (Phi) is 1.54.